The second kappa shape index (κ2) is 7.87. The van der Waals surface area contributed by atoms with Gasteiger partial charge in [0.05, 0.1) is 11.6 Å². The molecule has 1 N–H and O–H groups in total. The molecule has 0 spiro atoms. The molecule has 6 heteroatoms. The van der Waals surface area contributed by atoms with Gasteiger partial charge in [-0.1, -0.05) is 38.2 Å². The summed E-state index contributed by atoms with van der Waals surface area (Å²) >= 11 is 0. The summed E-state index contributed by atoms with van der Waals surface area (Å²) in [6, 6.07) is 0. The van der Waals surface area contributed by atoms with Gasteiger partial charge in [-0.05, 0) is 12.3 Å². The third-order valence-corrected chi connectivity index (χ3v) is 6.45. The topological polar surface area (TPSA) is 69.3 Å². The Bertz CT molecular complexity index is 720. The zero-order valence-electron chi connectivity index (χ0n) is 16.1. The molecule has 1 saturated heterocycles. The fourth-order valence-electron chi connectivity index (χ4n) is 4.90. The number of H-pyrrole nitrogens is 1. The van der Waals surface area contributed by atoms with Gasteiger partial charge in [0, 0.05) is 50.3 Å². The normalized spacial score (nSPS) is 23.6. The highest BCUT2D eigenvalue weighted by molar-refractivity contribution is 5.89. The Hall–Kier alpha value is -2.11. The van der Waals surface area contributed by atoms with Crippen molar-refractivity contribution in [1.82, 2.24) is 20.0 Å². The third kappa shape index (κ3) is 3.80. The van der Waals surface area contributed by atoms with Crippen molar-refractivity contribution in [2.75, 3.05) is 19.6 Å². The van der Waals surface area contributed by atoms with Gasteiger partial charge in [0.1, 0.15) is 0 Å². The average molecular weight is 370 g/mol. The van der Waals surface area contributed by atoms with Gasteiger partial charge in [-0.15, -0.1) is 6.58 Å². The Morgan fingerprint density at radius 2 is 2.11 bits per heavy atom. The van der Waals surface area contributed by atoms with Crippen molar-refractivity contribution in [1.29, 1.82) is 0 Å². The van der Waals surface area contributed by atoms with E-state index in [4.69, 9.17) is 0 Å². The lowest BCUT2D eigenvalue weighted by molar-refractivity contribution is -0.136. The minimum Gasteiger partial charge on any atom is -0.338 e. The van der Waals surface area contributed by atoms with Gasteiger partial charge in [-0.2, -0.15) is 5.10 Å². The smallest absolute Gasteiger partial charge is 0.228 e. The molecule has 1 aromatic rings. The monoisotopic (exact) mass is 370 g/mol. The van der Waals surface area contributed by atoms with Crippen molar-refractivity contribution < 1.29 is 9.59 Å². The van der Waals surface area contributed by atoms with Crippen molar-refractivity contribution in [3.05, 3.63) is 29.6 Å². The predicted molar refractivity (Wildman–Crippen MR) is 103 cm³/mol. The van der Waals surface area contributed by atoms with Crippen LogP contribution in [0.25, 0.3) is 0 Å². The van der Waals surface area contributed by atoms with Crippen molar-refractivity contribution in [2.24, 2.45) is 11.8 Å². The minimum atomic E-state index is -0.215. The Morgan fingerprint density at radius 3 is 2.89 bits per heavy atom. The van der Waals surface area contributed by atoms with E-state index >= 15 is 0 Å². The van der Waals surface area contributed by atoms with Crippen LogP contribution in [0.1, 0.15) is 55.5 Å². The second-order valence-electron chi connectivity index (χ2n) is 8.33. The third-order valence-electron chi connectivity index (χ3n) is 6.45. The molecule has 1 saturated carbocycles. The van der Waals surface area contributed by atoms with Crippen molar-refractivity contribution >= 4 is 11.8 Å². The molecule has 1 aromatic heterocycles. The lowest BCUT2D eigenvalue weighted by atomic mass is 9.85. The molecule has 0 aromatic carbocycles. The van der Waals surface area contributed by atoms with Crippen molar-refractivity contribution in [3.8, 4) is 0 Å². The summed E-state index contributed by atoms with van der Waals surface area (Å²) in [6.45, 7) is 6.09. The van der Waals surface area contributed by atoms with Crippen LogP contribution < -0.4 is 0 Å². The number of hydrogen-bond donors (Lipinski definition) is 1. The van der Waals surface area contributed by atoms with Crippen LogP contribution in [0.5, 0.6) is 0 Å². The maximum atomic E-state index is 13.0. The van der Waals surface area contributed by atoms with Gasteiger partial charge in [0.25, 0.3) is 0 Å². The summed E-state index contributed by atoms with van der Waals surface area (Å²) < 4.78 is 0. The van der Waals surface area contributed by atoms with Gasteiger partial charge in [0.15, 0.2) is 0 Å². The first-order valence-electron chi connectivity index (χ1n) is 10.4. The SMILES string of the molecule is C=CCN1CC(C(=O)N2CCc3[nH]nc(CC4CCCCC4)c3C2)CC1=O. The molecule has 2 aliphatic heterocycles. The molecule has 0 radical (unpaired) electrons. The number of rotatable bonds is 5. The van der Waals surface area contributed by atoms with E-state index in [1.54, 1.807) is 11.0 Å². The molecule has 1 aliphatic carbocycles. The minimum absolute atomic E-state index is 0.0623. The molecule has 146 valence electrons. The standard InChI is InChI=1S/C21H30N4O2/c1-2-9-24-13-16(12-20(24)26)21(27)25-10-8-18-17(14-25)19(23-22-18)11-15-6-4-3-5-7-15/h2,15-16H,1,3-14H2,(H,22,23). The first kappa shape index (κ1) is 18.3. The summed E-state index contributed by atoms with van der Waals surface area (Å²) in [5.74, 6) is 0.697. The Morgan fingerprint density at radius 1 is 1.30 bits per heavy atom. The quantitative estimate of drug-likeness (QED) is 0.810. The zero-order valence-corrected chi connectivity index (χ0v) is 16.1. The molecule has 1 unspecified atom stereocenters. The van der Waals surface area contributed by atoms with Gasteiger partial charge in [-0.3, -0.25) is 14.7 Å². The van der Waals surface area contributed by atoms with E-state index in [-0.39, 0.29) is 17.7 Å². The molecule has 2 amide bonds. The fraction of sp³-hybridized carbons (Fsp3) is 0.667. The van der Waals surface area contributed by atoms with E-state index in [1.807, 2.05) is 4.90 Å². The lowest BCUT2D eigenvalue weighted by Crippen LogP contribution is -2.40. The summed E-state index contributed by atoms with van der Waals surface area (Å²) in [5.41, 5.74) is 3.58. The fourth-order valence-corrected chi connectivity index (χ4v) is 4.90. The van der Waals surface area contributed by atoms with Crippen molar-refractivity contribution in [3.63, 3.8) is 0 Å². The van der Waals surface area contributed by atoms with E-state index in [0.717, 1.165) is 24.5 Å². The van der Waals surface area contributed by atoms with Gasteiger partial charge >= 0.3 is 0 Å². The van der Waals surface area contributed by atoms with Crippen molar-refractivity contribution in [2.45, 2.75) is 57.9 Å². The van der Waals surface area contributed by atoms with Gasteiger partial charge in [-0.25, -0.2) is 0 Å². The number of nitrogens with zero attached hydrogens (tertiary/aromatic N) is 3. The number of hydrogen-bond acceptors (Lipinski definition) is 3. The highest BCUT2D eigenvalue weighted by Crippen LogP contribution is 2.30. The van der Waals surface area contributed by atoms with E-state index in [9.17, 15) is 9.59 Å². The van der Waals surface area contributed by atoms with Crippen LogP contribution in [0.4, 0.5) is 0 Å². The van der Waals surface area contributed by atoms with Crippen LogP contribution in [-0.4, -0.2) is 51.4 Å². The number of likely N-dealkylation sites (tertiary alicyclic amines) is 1. The molecule has 2 fully saturated rings. The number of aromatic amines is 1. The number of carbonyl (C=O) groups excluding carboxylic acids is 2. The highest BCUT2D eigenvalue weighted by atomic mass is 16.2. The number of aromatic nitrogens is 2. The molecule has 4 rings (SSSR count). The highest BCUT2D eigenvalue weighted by Gasteiger charge is 2.37. The molecule has 1 atom stereocenters. The van der Waals surface area contributed by atoms with Gasteiger partial charge in [0.2, 0.25) is 11.8 Å². The van der Waals surface area contributed by atoms with E-state index in [0.29, 0.717) is 32.6 Å². The molecule has 3 aliphatic rings. The Balaban J connectivity index is 1.41. The maximum Gasteiger partial charge on any atom is 0.228 e. The number of fused-ring (bicyclic) bond motifs is 1. The lowest BCUT2D eigenvalue weighted by Gasteiger charge is -2.30. The molecular weight excluding hydrogens is 340 g/mol. The molecule has 3 heterocycles. The Labute approximate surface area is 161 Å². The van der Waals surface area contributed by atoms with E-state index in [2.05, 4.69) is 16.8 Å². The second-order valence-corrected chi connectivity index (χ2v) is 8.33. The summed E-state index contributed by atoms with van der Waals surface area (Å²) in [6.07, 6.45) is 10.5. The molecule has 0 bridgehead atoms. The first-order valence-corrected chi connectivity index (χ1v) is 10.4. The maximum absolute atomic E-state index is 13.0. The largest absolute Gasteiger partial charge is 0.338 e. The zero-order chi connectivity index (χ0) is 18.8. The van der Waals surface area contributed by atoms with Gasteiger partial charge < -0.3 is 9.80 Å². The summed E-state index contributed by atoms with van der Waals surface area (Å²) in [7, 11) is 0. The average Bonchev–Trinajstić information content (AvgIpc) is 3.26. The van der Waals surface area contributed by atoms with Crippen LogP contribution in [0.2, 0.25) is 0 Å². The predicted octanol–water partition coefficient (Wildman–Crippen LogP) is 2.45. The van der Waals surface area contributed by atoms with E-state index < -0.39 is 0 Å². The van der Waals surface area contributed by atoms with Crippen LogP contribution in [0.3, 0.4) is 0 Å². The molecular formula is C21H30N4O2. The summed E-state index contributed by atoms with van der Waals surface area (Å²) in [5, 5.41) is 7.81. The summed E-state index contributed by atoms with van der Waals surface area (Å²) in [4.78, 5) is 28.8. The Kier molecular flexibility index (Phi) is 5.32. The van der Waals surface area contributed by atoms with Crippen LogP contribution in [-0.2, 0) is 29.0 Å². The van der Waals surface area contributed by atoms with Crippen LogP contribution >= 0.6 is 0 Å². The number of amides is 2. The van der Waals surface area contributed by atoms with Crippen LogP contribution in [0.15, 0.2) is 12.7 Å². The van der Waals surface area contributed by atoms with E-state index in [1.165, 1.54) is 43.4 Å². The molecule has 6 nitrogen and oxygen atoms in total. The first-order chi connectivity index (χ1) is 13.2. The van der Waals surface area contributed by atoms with Crippen LogP contribution in [0, 0.1) is 11.8 Å². The number of nitrogens with one attached hydrogen (secondary N) is 1. The number of carbonyl (C=O) groups is 2. The molecule has 27 heavy (non-hydrogen) atoms.